The maximum absolute atomic E-state index is 14.6. The van der Waals surface area contributed by atoms with E-state index in [0.29, 0.717) is 37.7 Å². The molecule has 1 fully saturated rings. The van der Waals surface area contributed by atoms with Gasteiger partial charge in [0.2, 0.25) is 5.91 Å². The zero-order valence-corrected chi connectivity index (χ0v) is 15.1. The average molecular weight is 373 g/mol. The molecule has 1 heterocycles. The summed E-state index contributed by atoms with van der Waals surface area (Å²) in [7, 11) is 0. The molecule has 2 rings (SSSR count). The predicted molar refractivity (Wildman–Crippen MR) is 93.7 cm³/mol. The summed E-state index contributed by atoms with van der Waals surface area (Å²) in [5.74, 6) is -1.15. The molecule has 0 aromatic heterocycles. The molecule has 0 radical (unpaired) electrons. The van der Waals surface area contributed by atoms with Crippen molar-refractivity contribution in [1.82, 2.24) is 0 Å². The summed E-state index contributed by atoms with van der Waals surface area (Å²) in [5, 5.41) is 0. The van der Waals surface area contributed by atoms with Crippen molar-refractivity contribution in [3.8, 4) is 0 Å². The Labute approximate surface area is 151 Å². The van der Waals surface area contributed by atoms with Crippen molar-refractivity contribution in [1.29, 1.82) is 0 Å². The topological polar surface area (TPSA) is 59.1 Å². The number of hydrogen-bond acceptors (Lipinski definition) is 5. The van der Waals surface area contributed by atoms with Crippen LogP contribution >= 0.6 is 11.6 Å². The van der Waals surface area contributed by atoms with Gasteiger partial charge in [-0.15, -0.1) is 11.6 Å². The highest BCUT2D eigenvalue weighted by Crippen LogP contribution is 2.26. The molecule has 8 heteroatoms. The van der Waals surface area contributed by atoms with Crippen LogP contribution in [0.15, 0.2) is 18.2 Å². The summed E-state index contributed by atoms with van der Waals surface area (Å²) >= 11 is 5.80. The number of hydrogen-bond donors (Lipinski definition) is 0. The molecule has 0 aliphatic carbocycles. The number of esters is 1. The quantitative estimate of drug-likeness (QED) is 0.566. The Hall–Kier alpha value is -1.86. The minimum absolute atomic E-state index is 0.0394. The lowest BCUT2D eigenvalue weighted by Gasteiger charge is -2.30. The van der Waals surface area contributed by atoms with Gasteiger partial charge < -0.3 is 19.3 Å². The highest BCUT2D eigenvalue weighted by molar-refractivity contribution is 6.18. The molecule has 138 valence electrons. The Morgan fingerprint density at radius 1 is 1.36 bits per heavy atom. The van der Waals surface area contributed by atoms with E-state index in [1.165, 1.54) is 24.8 Å². The SMILES string of the molecule is CC(=O)O[C@@H](CCl)CN(C(C)=O)c1ccc(N2CCOCC2)c(F)c1. The Balaban J connectivity index is 2.19. The average Bonchev–Trinajstić information content (AvgIpc) is 2.58. The number of benzene rings is 1. The predicted octanol–water partition coefficient (Wildman–Crippen LogP) is 2.19. The number of carbonyl (C=O) groups is 2. The Bertz CT molecular complexity index is 623. The minimum Gasteiger partial charge on any atom is -0.459 e. The lowest BCUT2D eigenvalue weighted by Crippen LogP contribution is -2.39. The maximum Gasteiger partial charge on any atom is 0.303 e. The van der Waals surface area contributed by atoms with Crippen LogP contribution < -0.4 is 9.80 Å². The van der Waals surface area contributed by atoms with Gasteiger partial charge in [-0.3, -0.25) is 9.59 Å². The molecule has 0 bridgehead atoms. The molecule has 6 nitrogen and oxygen atoms in total. The van der Waals surface area contributed by atoms with E-state index < -0.39 is 17.9 Å². The van der Waals surface area contributed by atoms with Crippen molar-refractivity contribution >= 4 is 34.9 Å². The smallest absolute Gasteiger partial charge is 0.303 e. The standard InChI is InChI=1S/C17H22ClFN2O4/c1-12(22)21(11-15(10-18)25-13(2)23)14-3-4-17(16(19)9-14)20-5-7-24-8-6-20/h3-4,9,15H,5-8,10-11H2,1-2H3/t15-/m0/s1. The molecule has 0 spiro atoms. The van der Waals surface area contributed by atoms with E-state index in [4.69, 9.17) is 21.1 Å². The minimum atomic E-state index is -0.662. The molecule has 0 N–H and O–H groups in total. The van der Waals surface area contributed by atoms with E-state index in [0.717, 1.165) is 0 Å². The molecular weight excluding hydrogens is 351 g/mol. The second-order valence-electron chi connectivity index (χ2n) is 5.75. The normalized spacial score (nSPS) is 15.6. The first kappa shape index (κ1) is 19.5. The maximum atomic E-state index is 14.6. The van der Waals surface area contributed by atoms with Gasteiger partial charge in [0.1, 0.15) is 11.9 Å². The summed E-state index contributed by atoms with van der Waals surface area (Å²) in [6, 6.07) is 4.63. The van der Waals surface area contributed by atoms with Crippen LogP contribution in [-0.2, 0) is 19.1 Å². The van der Waals surface area contributed by atoms with Crippen molar-refractivity contribution in [3.63, 3.8) is 0 Å². The number of amides is 1. The fourth-order valence-corrected chi connectivity index (χ4v) is 2.86. The number of nitrogens with zero attached hydrogens (tertiary/aromatic N) is 2. The van der Waals surface area contributed by atoms with Gasteiger partial charge in [-0.25, -0.2) is 4.39 Å². The van der Waals surface area contributed by atoms with Crippen molar-refractivity contribution in [2.75, 3.05) is 48.5 Å². The number of carbonyl (C=O) groups excluding carboxylic acids is 2. The van der Waals surface area contributed by atoms with Gasteiger partial charge in [0.05, 0.1) is 31.3 Å². The first-order chi connectivity index (χ1) is 11.9. The van der Waals surface area contributed by atoms with Gasteiger partial charge >= 0.3 is 5.97 Å². The molecule has 1 atom stereocenters. The van der Waals surface area contributed by atoms with Crippen LogP contribution in [0.3, 0.4) is 0 Å². The Morgan fingerprint density at radius 3 is 2.56 bits per heavy atom. The second kappa shape index (κ2) is 9.01. The molecule has 1 aromatic carbocycles. The molecule has 1 aliphatic heterocycles. The van der Waals surface area contributed by atoms with Gasteiger partial charge in [0, 0.05) is 32.6 Å². The molecule has 1 amide bonds. The van der Waals surface area contributed by atoms with E-state index >= 15 is 0 Å². The third kappa shape index (κ3) is 5.31. The summed E-state index contributed by atoms with van der Waals surface area (Å²) < 4.78 is 24.9. The van der Waals surface area contributed by atoms with E-state index in [9.17, 15) is 14.0 Å². The Morgan fingerprint density at radius 2 is 2.04 bits per heavy atom. The Kier molecular flexibility index (Phi) is 7.01. The zero-order chi connectivity index (χ0) is 18.4. The third-order valence-electron chi connectivity index (χ3n) is 3.87. The van der Waals surface area contributed by atoms with Crippen LogP contribution in [0.25, 0.3) is 0 Å². The lowest BCUT2D eigenvalue weighted by molar-refractivity contribution is -0.145. The fraction of sp³-hybridized carbons (Fsp3) is 0.529. The third-order valence-corrected chi connectivity index (χ3v) is 4.21. The molecule has 1 aromatic rings. The van der Waals surface area contributed by atoms with E-state index in [-0.39, 0.29) is 18.3 Å². The highest BCUT2D eigenvalue weighted by Gasteiger charge is 2.22. The first-order valence-corrected chi connectivity index (χ1v) is 8.59. The van der Waals surface area contributed by atoms with Gasteiger partial charge in [-0.2, -0.15) is 0 Å². The van der Waals surface area contributed by atoms with Crippen molar-refractivity contribution in [3.05, 3.63) is 24.0 Å². The molecule has 1 saturated heterocycles. The van der Waals surface area contributed by atoms with Crippen LogP contribution in [0, 0.1) is 5.82 Å². The van der Waals surface area contributed by atoms with Crippen LogP contribution in [-0.4, -0.2) is 56.7 Å². The van der Waals surface area contributed by atoms with E-state index in [1.54, 1.807) is 12.1 Å². The number of morpholine rings is 1. The molecule has 0 saturated carbocycles. The number of halogens is 2. The van der Waals surface area contributed by atoms with Crippen LogP contribution in [0.1, 0.15) is 13.8 Å². The fourth-order valence-electron chi connectivity index (χ4n) is 2.70. The number of anilines is 2. The number of alkyl halides is 1. The van der Waals surface area contributed by atoms with Crippen LogP contribution in [0.4, 0.5) is 15.8 Å². The number of rotatable bonds is 6. The van der Waals surface area contributed by atoms with E-state index in [1.807, 2.05) is 4.90 Å². The molecular formula is C17H22ClFN2O4. The van der Waals surface area contributed by atoms with Gasteiger partial charge in [0.15, 0.2) is 0 Å². The second-order valence-corrected chi connectivity index (χ2v) is 6.06. The van der Waals surface area contributed by atoms with Gasteiger partial charge in [0.25, 0.3) is 0 Å². The highest BCUT2D eigenvalue weighted by atomic mass is 35.5. The van der Waals surface area contributed by atoms with Gasteiger partial charge in [-0.05, 0) is 18.2 Å². The summed E-state index contributed by atoms with van der Waals surface area (Å²) in [5.41, 5.74) is 0.869. The van der Waals surface area contributed by atoms with E-state index in [2.05, 4.69) is 0 Å². The molecule has 0 unspecified atom stereocenters. The number of ether oxygens (including phenoxy) is 2. The van der Waals surface area contributed by atoms with Crippen LogP contribution in [0.5, 0.6) is 0 Å². The van der Waals surface area contributed by atoms with Gasteiger partial charge in [-0.1, -0.05) is 0 Å². The monoisotopic (exact) mass is 372 g/mol. The summed E-state index contributed by atoms with van der Waals surface area (Å²) in [4.78, 5) is 26.3. The van der Waals surface area contributed by atoms with Crippen molar-refractivity contribution < 1.29 is 23.5 Å². The summed E-state index contributed by atoms with van der Waals surface area (Å²) in [6.45, 7) is 5.05. The largest absolute Gasteiger partial charge is 0.459 e. The van der Waals surface area contributed by atoms with Crippen molar-refractivity contribution in [2.24, 2.45) is 0 Å². The molecule has 1 aliphatic rings. The summed E-state index contributed by atoms with van der Waals surface area (Å²) in [6.07, 6.45) is -0.662. The zero-order valence-electron chi connectivity index (χ0n) is 14.3. The van der Waals surface area contributed by atoms with Crippen molar-refractivity contribution in [2.45, 2.75) is 20.0 Å². The lowest BCUT2D eigenvalue weighted by atomic mass is 10.2. The first-order valence-electron chi connectivity index (χ1n) is 8.06. The molecule has 25 heavy (non-hydrogen) atoms. The van der Waals surface area contributed by atoms with Crippen LogP contribution in [0.2, 0.25) is 0 Å².